The van der Waals surface area contributed by atoms with Crippen LogP contribution in [0.3, 0.4) is 0 Å². The van der Waals surface area contributed by atoms with Gasteiger partial charge < -0.3 is 0 Å². The summed E-state index contributed by atoms with van der Waals surface area (Å²) in [5.41, 5.74) is 1.17. The van der Waals surface area contributed by atoms with Gasteiger partial charge in [0, 0.05) is 5.92 Å². The van der Waals surface area contributed by atoms with E-state index in [0.29, 0.717) is 11.7 Å². The summed E-state index contributed by atoms with van der Waals surface area (Å²) in [7, 11) is 0. The Labute approximate surface area is 110 Å². The highest BCUT2D eigenvalue weighted by molar-refractivity contribution is 5.94. The van der Waals surface area contributed by atoms with Gasteiger partial charge >= 0.3 is 0 Å². The van der Waals surface area contributed by atoms with E-state index in [0.717, 1.165) is 31.6 Å². The summed E-state index contributed by atoms with van der Waals surface area (Å²) >= 11 is 0. The van der Waals surface area contributed by atoms with Gasteiger partial charge in [-0.25, -0.2) is 0 Å². The van der Waals surface area contributed by atoms with Crippen LogP contribution in [0.15, 0.2) is 30.3 Å². The monoisotopic (exact) mass is 242 g/mol. The van der Waals surface area contributed by atoms with Crippen LogP contribution in [-0.2, 0) is 10.2 Å². The summed E-state index contributed by atoms with van der Waals surface area (Å²) in [6.07, 6.45) is 6.86. The maximum atomic E-state index is 12.8. The molecule has 0 aromatic heterocycles. The molecule has 0 spiro atoms. The molecule has 2 aliphatic carbocycles. The lowest BCUT2D eigenvalue weighted by atomic mass is 9.75. The zero-order valence-corrected chi connectivity index (χ0v) is 11.2. The molecule has 0 N–H and O–H groups in total. The Bertz CT molecular complexity index is 422. The van der Waals surface area contributed by atoms with Crippen molar-refractivity contribution in [2.24, 2.45) is 11.8 Å². The first-order chi connectivity index (χ1) is 8.72. The molecule has 0 amide bonds. The van der Waals surface area contributed by atoms with Crippen molar-refractivity contribution in [3.05, 3.63) is 35.9 Å². The van der Waals surface area contributed by atoms with Crippen LogP contribution in [0.1, 0.15) is 51.0 Å². The molecule has 2 aliphatic rings. The summed E-state index contributed by atoms with van der Waals surface area (Å²) in [6.45, 7) is 2.31. The standard InChI is InChI=1S/C17H22O/c1-13-7-9-14(10-8-13)16(18)17(11-12-17)15-5-3-2-4-6-15/h2-6,13-14H,7-12H2,1H3. The summed E-state index contributed by atoms with van der Waals surface area (Å²) < 4.78 is 0. The number of carbonyl (C=O) groups is 1. The quantitative estimate of drug-likeness (QED) is 0.779. The van der Waals surface area contributed by atoms with Crippen molar-refractivity contribution in [3.63, 3.8) is 0 Å². The van der Waals surface area contributed by atoms with Crippen molar-refractivity contribution in [1.82, 2.24) is 0 Å². The van der Waals surface area contributed by atoms with E-state index in [1.807, 2.05) is 6.07 Å². The maximum Gasteiger partial charge on any atom is 0.146 e. The van der Waals surface area contributed by atoms with Gasteiger partial charge in [-0.05, 0) is 37.2 Å². The van der Waals surface area contributed by atoms with Crippen molar-refractivity contribution < 1.29 is 4.79 Å². The molecule has 0 radical (unpaired) electrons. The number of benzene rings is 1. The van der Waals surface area contributed by atoms with E-state index in [-0.39, 0.29) is 5.41 Å². The van der Waals surface area contributed by atoms with Gasteiger partial charge in [0.1, 0.15) is 5.78 Å². The smallest absolute Gasteiger partial charge is 0.146 e. The lowest BCUT2D eigenvalue weighted by Gasteiger charge is -2.28. The van der Waals surface area contributed by atoms with Crippen LogP contribution in [0.5, 0.6) is 0 Å². The third-order valence-electron chi connectivity index (χ3n) is 4.93. The van der Waals surface area contributed by atoms with Crippen LogP contribution in [0.4, 0.5) is 0 Å². The number of ketones is 1. The second-order valence-electron chi connectivity index (χ2n) is 6.27. The highest BCUT2D eigenvalue weighted by atomic mass is 16.1. The lowest BCUT2D eigenvalue weighted by Crippen LogP contribution is -2.30. The van der Waals surface area contributed by atoms with Gasteiger partial charge in [-0.3, -0.25) is 4.79 Å². The number of Topliss-reactive ketones (excluding diaryl/α,β-unsaturated/α-hetero) is 1. The normalized spacial score (nSPS) is 29.8. The summed E-state index contributed by atoms with van der Waals surface area (Å²) in [5, 5.41) is 0. The average Bonchev–Trinajstić information content (AvgIpc) is 3.21. The SMILES string of the molecule is CC1CCC(C(=O)C2(c3ccccc3)CC2)CC1. The van der Waals surface area contributed by atoms with E-state index in [2.05, 4.69) is 31.2 Å². The Morgan fingerprint density at radius 2 is 1.67 bits per heavy atom. The van der Waals surface area contributed by atoms with E-state index < -0.39 is 0 Å². The van der Waals surface area contributed by atoms with Crippen molar-refractivity contribution in [1.29, 1.82) is 0 Å². The van der Waals surface area contributed by atoms with Crippen LogP contribution in [0.2, 0.25) is 0 Å². The molecule has 3 rings (SSSR count). The van der Waals surface area contributed by atoms with E-state index >= 15 is 0 Å². The van der Waals surface area contributed by atoms with Gasteiger partial charge in [0.2, 0.25) is 0 Å². The minimum atomic E-state index is -0.0908. The molecule has 1 nitrogen and oxygen atoms in total. The zero-order valence-electron chi connectivity index (χ0n) is 11.2. The first kappa shape index (κ1) is 12.0. The molecule has 0 saturated heterocycles. The Morgan fingerprint density at radius 3 is 2.22 bits per heavy atom. The molecule has 0 heterocycles. The fourth-order valence-electron chi connectivity index (χ4n) is 3.47. The Balaban J connectivity index is 1.77. The van der Waals surface area contributed by atoms with E-state index in [4.69, 9.17) is 0 Å². The van der Waals surface area contributed by atoms with E-state index in [1.165, 1.54) is 18.4 Å². The Morgan fingerprint density at radius 1 is 1.06 bits per heavy atom. The molecule has 1 aromatic carbocycles. The minimum absolute atomic E-state index is 0.0908. The molecular weight excluding hydrogens is 220 g/mol. The molecule has 0 bridgehead atoms. The summed E-state index contributed by atoms with van der Waals surface area (Å²) in [5.74, 6) is 1.70. The highest BCUT2D eigenvalue weighted by Crippen LogP contribution is 2.52. The summed E-state index contributed by atoms with van der Waals surface area (Å²) in [4.78, 5) is 12.8. The highest BCUT2D eigenvalue weighted by Gasteiger charge is 2.52. The molecule has 2 fully saturated rings. The number of hydrogen-bond acceptors (Lipinski definition) is 1. The van der Waals surface area contributed by atoms with Crippen LogP contribution in [0.25, 0.3) is 0 Å². The molecule has 1 heteroatoms. The van der Waals surface area contributed by atoms with Crippen molar-refractivity contribution in [3.8, 4) is 0 Å². The first-order valence-electron chi connectivity index (χ1n) is 7.32. The van der Waals surface area contributed by atoms with Crippen molar-refractivity contribution >= 4 is 5.78 Å². The molecule has 2 saturated carbocycles. The van der Waals surface area contributed by atoms with Crippen LogP contribution in [-0.4, -0.2) is 5.78 Å². The van der Waals surface area contributed by atoms with E-state index in [9.17, 15) is 4.79 Å². The van der Waals surface area contributed by atoms with Gasteiger partial charge in [0.15, 0.2) is 0 Å². The second-order valence-corrected chi connectivity index (χ2v) is 6.27. The predicted octanol–water partition coefficient (Wildman–Crippen LogP) is 4.11. The van der Waals surface area contributed by atoms with Gasteiger partial charge in [0.05, 0.1) is 5.41 Å². The second kappa shape index (κ2) is 4.53. The fraction of sp³-hybridized carbons (Fsp3) is 0.588. The fourth-order valence-corrected chi connectivity index (χ4v) is 3.47. The zero-order chi connectivity index (χ0) is 12.6. The third kappa shape index (κ3) is 2.00. The molecular formula is C17H22O. The topological polar surface area (TPSA) is 17.1 Å². The molecule has 0 unspecified atom stereocenters. The van der Waals surface area contributed by atoms with Gasteiger partial charge in [-0.15, -0.1) is 0 Å². The number of hydrogen-bond donors (Lipinski definition) is 0. The lowest BCUT2D eigenvalue weighted by molar-refractivity contribution is -0.126. The number of carbonyl (C=O) groups excluding carboxylic acids is 1. The van der Waals surface area contributed by atoms with Crippen LogP contribution < -0.4 is 0 Å². The average molecular weight is 242 g/mol. The number of rotatable bonds is 3. The molecule has 0 atom stereocenters. The molecule has 0 aliphatic heterocycles. The largest absolute Gasteiger partial charge is 0.298 e. The van der Waals surface area contributed by atoms with Gasteiger partial charge in [0.25, 0.3) is 0 Å². The van der Waals surface area contributed by atoms with Crippen LogP contribution in [0, 0.1) is 11.8 Å². The molecule has 96 valence electrons. The van der Waals surface area contributed by atoms with Gasteiger partial charge in [-0.1, -0.05) is 50.1 Å². The molecule has 1 aromatic rings. The minimum Gasteiger partial charge on any atom is -0.298 e. The maximum absolute atomic E-state index is 12.8. The Kier molecular flexibility index (Phi) is 3.01. The van der Waals surface area contributed by atoms with Crippen molar-refractivity contribution in [2.75, 3.05) is 0 Å². The van der Waals surface area contributed by atoms with Crippen LogP contribution >= 0.6 is 0 Å². The third-order valence-corrected chi connectivity index (χ3v) is 4.93. The molecule has 18 heavy (non-hydrogen) atoms. The summed E-state index contributed by atoms with van der Waals surface area (Å²) in [6, 6.07) is 10.4. The predicted molar refractivity (Wildman–Crippen MR) is 73.5 cm³/mol. The van der Waals surface area contributed by atoms with E-state index in [1.54, 1.807) is 0 Å². The van der Waals surface area contributed by atoms with Crippen molar-refractivity contribution in [2.45, 2.75) is 50.9 Å². The first-order valence-corrected chi connectivity index (χ1v) is 7.32. The Hall–Kier alpha value is -1.11. The van der Waals surface area contributed by atoms with Gasteiger partial charge in [-0.2, -0.15) is 0 Å².